The second-order valence-corrected chi connectivity index (χ2v) is 5.46. The summed E-state index contributed by atoms with van der Waals surface area (Å²) in [5.41, 5.74) is 0.471. The molecule has 0 aliphatic carbocycles. The number of hydrogen-bond acceptors (Lipinski definition) is 3. The van der Waals surface area contributed by atoms with Gasteiger partial charge in [0.2, 0.25) is 0 Å². The van der Waals surface area contributed by atoms with Crippen molar-refractivity contribution < 1.29 is 27.5 Å². The molecule has 132 valence electrons. The Hall–Kier alpha value is -2.83. The minimum atomic E-state index is -1.18. The van der Waals surface area contributed by atoms with Gasteiger partial charge in [0.25, 0.3) is 5.91 Å². The molecule has 0 fully saturated rings. The highest BCUT2D eigenvalue weighted by Gasteiger charge is 2.21. The average Bonchev–Trinajstić information content (AvgIpc) is 2.57. The van der Waals surface area contributed by atoms with Crippen molar-refractivity contribution in [1.29, 1.82) is 0 Å². The molecular formula is C18H16F3NO3. The molecule has 2 rings (SSSR count). The summed E-state index contributed by atoms with van der Waals surface area (Å²) in [6, 6.07) is 7.71. The molecule has 2 aromatic rings. The summed E-state index contributed by atoms with van der Waals surface area (Å²) in [6.07, 6.45) is -1.15. The topological polar surface area (TPSA) is 55.4 Å². The van der Waals surface area contributed by atoms with E-state index in [9.17, 15) is 22.8 Å². The Morgan fingerprint density at radius 2 is 1.60 bits per heavy atom. The van der Waals surface area contributed by atoms with Crippen LogP contribution in [0, 0.1) is 17.5 Å². The predicted octanol–water partition coefficient (Wildman–Crippen LogP) is 3.53. The molecule has 0 spiro atoms. The summed E-state index contributed by atoms with van der Waals surface area (Å²) in [7, 11) is 0. The lowest BCUT2D eigenvalue weighted by atomic mass is 10.1. The van der Waals surface area contributed by atoms with Crippen molar-refractivity contribution in [3.8, 4) is 0 Å². The first kappa shape index (κ1) is 18.5. The Kier molecular flexibility index (Phi) is 5.80. The predicted molar refractivity (Wildman–Crippen MR) is 84.2 cm³/mol. The van der Waals surface area contributed by atoms with Crippen molar-refractivity contribution in [2.45, 2.75) is 26.0 Å². The highest BCUT2D eigenvalue weighted by Crippen LogP contribution is 2.14. The Morgan fingerprint density at radius 3 is 2.20 bits per heavy atom. The summed E-state index contributed by atoms with van der Waals surface area (Å²) in [4.78, 5) is 24.0. The number of carbonyl (C=O) groups is 2. The first-order valence-electron chi connectivity index (χ1n) is 7.50. The molecule has 0 bridgehead atoms. The van der Waals surface area contributed by atoms with Crippen molar-refractivity contribution in [2.75, 3.05) is 0 Å². The van der Waals surface area contributed by atoms with E-state index >= 15 is 0 Å². The van der Waals surface area contributed by atoms with Crippen molar-refractivity contribution in [1.82, 2.24) is 5.32 Å². The Balaban J connectivity index is 1.96. The first-order valence-corrected chi connectivity index (χ1v) is 7.50. The molecule has 1 amide bonds. The van der Waals surface area contributed by atoms with Crippen LogP contribution in [0.4, 0.5) is 13.2 Å². The molecule has 0 saturated carbocycles. The maximum absolute atomic E-state index is 13.1. The number of benzene rings is 2. The van der Waals surface area contributed by atoms with Gasteiger partial charge in [-0.2, -0.15) is 0 Å². The van der Waals surface area contributed by atoms with Crippen LogP contribution in [0.2, 0.25) is 0 Å². The van der Waals surface area contributed by atoms with Gasteiger partial charge in [0.1, 0.15) is 5.82 Å². The van der Waals surface area contributed by atoms with Gasteiger partial charge in [0, 0.05) is 0 Å². The van der Waals surface area contributed by atoms with Crippen LogP contribution in [0.25, 0.3) is 0 Å². The Morgan fingerprint density at radius 1 is 0.960 bits per heavy atom. The average molecular weight is 351 g/mol. The van der Waals surface area contributed by atoms with E-state index in [1.165, 1.54) is 31.2 Å². The maximum Gasteiger partial charge on any atom is 0.339 e. The second-order valence-electron chi connectivity index (χ2n) is 5.46. The van der Waals surface area contributed by atoms with Gasteiger partial charge >= 0.3 is 5.97 Å². The molecule has 7 heteroatoms. The SMILES string of the molecule is CC(OC(=O)c1ccc(F)c(F)c1)C(=O)NC(C)c1ccc(F)cc1. The highest BCUT2D eigenvalue weighted by molar-refractivity contribution is 5.92. The van der Waals surface area contributed by atoms with Crippen molar-refractivity contribution >= 4 is 11.9 Å². The minimum Gasteiger partial charge on any atom is -0.449 e. The van der Waals surface area contributed by atoms with Gasteiger partial charge in [-0.1, -0.05) is 12.1 Å². The van der Waals surface area contributed by atoms with Crippen LogP contribution in [0.15, 0.2) is 42.5 Å². The summed E-state index contributed by atoms with van der Waals surface area (Å²) < 4.78 is 43.9. The van der Waals surface area contributed by atoms with Crippen LogP contribution in [0.1, 0.15) is 35.8 Å². The van der Waals surface area contributed by atoms with Crippen LogP contribution in [-0.4, -0.2) is 18.0 Å². The van der Waals surface area contributed by atoms with E-state index in [1.807, 2.05) is 0 Å². The van der Waals surface area contributed by atoms with Crippen LogP contribution in [-0.2, 0) is 9.53 Å². The molecule has 0 aliphatic rings. The maximum atomic E-state index is 13.1. The number of ether oxygens (including phenoxy) is 1. The van der Waals surface area contributed by atoms with E-state index in [0.29, 0.717) is 11.6 Å². The quantitative estimate of drug-likeness (QED) is 0.839. The minimum absolute atomic E-state index is 0.204. The number of nitrogens with one attached hydrogen (secondary N) is 1. The molecular weight excluding hydrogens is 335 g/mol. The largest absolute Gasteiger partial charge is 0.449 e. The van der Waals surface area contributed by atoms with E-state index in [-0.39, 0.29) is 5.56 Å². The normalized spacial score (nSPS) is 13.0. The lowest BCUT2D eigenvalue weighted by Crippen LogP contribution is -2.37. The third-order valence-corrected chi connectivity index (χ3v) is 3.54. The fourth-order valence-corrected chi connectivity index (χ4v) is 2.07. The van der Waals surface area contributed by atoms with Crippen LogP contribution in [0.3, 0.4) is 0 Å². The first-order chi connectivity index (χ1) is 11.8. The summed E-state index contributed by atoms with van der Waals surface area (Å²) >= 11 is 0. The van der Waals surface area contributed by atoms with Crippen molar-refractivity contribution in [2.24, 2.45) is 0 Å². The zero-order valence-electron chi connectivity index (χ0n) is 13.6. The molecule has 1 N–H and O–H groups in total. The summed E-state index contributed by atoms with van der Waals surface area (Å²) in [5.74, 6) is -4.19. The molecule has 0 radical (unpaired) electrons. The van der Waals surface area contributed by atoms with Gasteiger partial charge in [-0.25, -0.2) is 18.0 Å². The smallest absolute Gasteiger partial charge is 0.339 e. The van der Waals surface area contributed by atoms with Gasteiger partial charge in [-0.3, -0.25) is 4.79 Å². The zero-order chi connectivity index (χ0) is 18.6. The standard InChI is InChI=1S/C18H16F3NO3/c1-10(12-3-6-14(19)7-4-12)22-17(23)11(2)25-18(24)13-5-8-15(20)16(21)9-13/h3-11H,1-2H3,(H,22,23). The van der Waals surface area contributed by atoms with Gasteiger partial charge < -0.3 is 10.1 Å². The number of rotatable bonds is 5. The molecule has 0 saturated heterocycles. The van der Waals surface area contributed by atoms with E-state index in [1.54, 1.807) is 6.92 Å². The van der Waals surface area contributed by atoms with Crippen molar-refractivity contribution in [3.05, 3.63) is 71.0 Å². The zero-order valence-corrected chi connectivity index (χ0v) is 13.6. The van der Waals surface area contributed by atoms with Gasteiger partial charge in [0.15, 0.2) is 17.7 Å². The molecule has 0 aromatic heterocycles. The number of hydrogen-bond donors (Lipinski definition) is 1. The lowest BCUT2D eigenvalue weighted by molar-refractivity contribution is -0.129. The highest BCUT2D eigenvalue weighted by atomic mass is 19.2. The van der Waals surface area contributed by atoms with E-state index in [0.717, 1.165) is 12.1 Å². The fourth-order valence-electron chi connectivity index (χ4n) is 2.07. The Bertz CT molecular complexity index is 778. The van der Waals surface area contributed by atoms with E-state index in [4.69, 9.17) is 4.74 Å². The van der Waals surface area contributed by atoms with Gasteiger partial charge in [0.05, 0.1) is 11.6 Å². The number of halogens is 3. The van der Waals surface area contributed by atoms with E-state index in [2.05, 4.69) is 5.32 Å². The molecule has 0 heterocycles. The van der Waals surface area contributed by atoms with Crippen LogP contribution < -0.4 is 5.32 Å². The third-order valence-electron chi connectivity index (χ3n) is 3.54. The number of amides is 1. The second kappa shape index (κ2) is 7.83. The van der Waals surface area contributed by atoms with Gasteiger partial charge in [-0.15, -0.1) is 0 Å². The number of esters is 1. The molecule has 2 unspecified atom stereocenters. The fraction of sp³-hybridized carbons (Fsp3) is 0.222. The summed E-state index contributed by atoms with van der Waals surface area (Å²) in [5, 5.41) is 2.62. The van der Waals surface area contributed by atoms with Gasteiger partial charge in [-0.05, 0) is 49.7 Å². The summed E-state index contributed by atoms with van der Waals surface area (Å²) in [6.45, 7) is 3.04. The van der Waals surface area contributed by atoms with E-state index < -0.39 is 41.5 Å². The van der Waals surface area contributed by atoms with Crippen molar-refractivity contribution in [3.63, 3.8) is 0 Å². The molecule has 0 aliphatic heterocycles. The van der Waals surface area contributed by atoms with Crippen LogP contribution >= 0.6 is 0 Å². The lowest BCUT2D eigenvalue weighted by Gasteiger charge is -2.18. The number of carbonyl (C=O) groups excluding carboxylic acids is 2. The Labute approximate surface area is 142 Å². The molecule has 2 atom stereocenters. The molecule has 4 nitrogen and oxygen atoms in total. The molecule has 2 aromatic carbocycles. The van der Waals surface area contributed by atoms with Crippen LogP contribution in [0.5, 0.6) is 0 Å². The third kappa shape index (κ3) is 4.82. The molecule has 25 heavy (non-hydrogen) atoms. The monoisotopic (exact) mass is 351 g/mol.